The predicted octanol–water partition coefficient (Wildman–Crippen LogP) is 2.32. The molecule has 0 spiro atoms. The molecule has 0 saturated carbocycles. The molecule has 0 aromatic heterocycles. The summed E-state index contributed by atoms with van der Waals surface area (Å²) < 4.78 is 31.2. The van der Waals surface area contributed by atoms with Crippen LogP contribution in [-0.4, -0.2) is 12.6 Å². The number of halogens is 2. The molecule has 0 aliphatic heterocycles. The minimum absolute atomic E-state index is 0.0864. The Labute approximate surface area is 92.2 Å². The Morgan fingerprint density at radius 3 is 2.44 bits per heavy atom. The zero-order valence-corrected chi connectivity index (χ0v) is 8.67. The number of rotatable bonds is 3. The highest BCUT2D eigenvalue weighted by Crippen LogP contribution is 2.29. The first-order chi connectivity index (χ1) is 7.52. The van der Waals surface area contributed by atoms with E-state index in [9.17, 15) is 13.6 Å². The molecule has 0 aliphatic rings. The minimum atomic E-state index is -3.64. The zero-order valence-electron chi connectivity index (χ0n) is 8.67. The number of alkyl halides is 2. The van der Waals surface area contributed by atoms with Gasteiger partial charge in [-0.3, -0.25) is 0 Å². The lowest BCUT2D eigenvalue weighted by Gasteiger charge is -2.14. The molecule has 0 heterocycles. The maximum atomic E-state index is 13.4. The van der Waals surface area contributed by atoms with E-state index in [1.54, 1.807) is 0 Å². The average Bonchev–Trinajstić information content (AvgIpc) is 2.29. The van der Waals surface area contributed by atoms with Crippen molar-refractivity contribution >= 4 is 5.97 Å². The van der Waals surface area contributed by atoms with E-state index in [1.807, 2.05) is 0 Å². The number of ether oxygens (including phenoxy) is 1. The second-order valence-electron chi connectivity index (χ2n) is 3.02. The van der Waals surface area contributed by atoms with Crippen LogP contribution in [0.15, 0.2) is 24.3 Å². The van der Waals surface area contributed by atoms with Gasteiger partial charge in [0.2, 0.25) is 0 Å². The third-order valence-electron chi connectivity index (χ3n) is 1.95. The van der Waals surface area contributed by atoms with E-state index < -0.39 is 17.5 Å². The van der Waals surface area contributed by atoms with Crippen molar-refractivity contribution in [1.29, 1.82) is 0 Å². The van der Waals surface area contributed by atoms with Gasteiger partial charge in [0.05, 0.1) is 6.61 Å². The summed E-state index contributed by atoms with van der Waals surface area (Å²) >= 11 is 0. The summed E-state index contributed by atoms with van der Waals surface area (Å²) in [7, 11) is 0. The van der Waals surface area contributed by atoms with Crippen LogP contribution < -0.4 is 0 Å². The van der Waals surface area contributed by atoms with Crippen molar-refractivity contribution in [3.63, 3.8) is 0 Å². The molecule has 1 rings (SSSR count). The Bertz CT molecular complexity index is 416. The molecule has 1 aromatic carbocycles. The highest BCUT2D eigenvalue weighted by Gasteiger charge is 2.42. The standard InChI is InChI=1S/C12H10F2O2/c1-3-9-5-7-10(8-6-9)12(13,14)11(15)16-4-2/h1,5-8H,4H2,2H3. The van der Waals surface area contributed by atoms with Crippen molar-refractivity contribution in [2.45, 2.75) is 12.8 Å². The van der Waals surface area contributed by atoms with Crippen LogP contribution in [0.3, 0.4) is 0 Å². The molecule has 0 fully saturated rings. The molecule has 16 heavy (non-hydrogen) atoms. The molecular formula is C12H10F2O2. The molecule has 84 valence electrons. The number of hydrogen-bond donors (Lipinski definition) is 0. The highest BCUT2D eigenvalue weighted by molar-refractivity contribution is 5.79. The van der Waals surface area contributed by atoms with Gasteiger partial charge in [0.1, 0.15) is 0 Å². The van der Waals surface area contributed by atoms with Crippen LogP contribution in [-0.2, 0) is 15.5 Å². The van der Waals surface area contributed by atoms with Crippen molar-refractivity contribution < 1.29 is 18.3 Å². The van der Waals surface area contributed by atoms with Crippen molar-refractivity contribution in [3.8, 4) is 12.3 Å². The summed E-state index contributed by atoms with van der Waals surface area (Å²) in [5, 5.41) is 0. The lowest BCUT2D eigenvalue weighted by Crippen LogP contribution is -2.28. The summed E-state index contributed by atoms with van der Waals surface area (Å²) in [4.78, 5) is 11.0. The molecule has 2 nitrogen and oxygen atoms in total. The Hall–Kier alpha value is -1.89. The Kier molecular flexibility index (Phi) is 3.62. The first-order valence-corrected chi connectivity index (χ1v) is 4.64. The highest BCUT2D eigenvalue weighted by atomic mass is 19.3. The van der Waals surface area contributed by atoms with Crippen LogP contribution in [0.4, 0.5) is 8.78 Å². The third-order valence-corrected chi connectivity index (χ3v) is 1.95. The fraction of sp³-hybridized carbons (Fsp3) is 0.250. The maximum Gasteiger partial charge on any atom is 0.381 e. The molecule has 4 heteroatoms. The summed E-state index contributed by atoms with van der Waals surface area (Å²) in [6, 6.07) is 4.93. The van der Waals surface area contributed by atoms with Gasteiger partial charge in [-0.15, -0.1) is 6.42 Å². The molecule has 0 N–H and O–H groups in total. The van der Waals surface area contributed by atoms with E-state index in [0.29, 0.717) is 5.56 Å². The van der Waals surface area contributed by atoms with Gasteiger partial charge < -0.3 is 4.74 Å². The van der Waals surface area contributed by atoms with Crippen molar-refractivity contribution in [3.05, 3.63) is 35.4 Å². The van der Waals surface area contributed by atoms with E-state index in [2.05, 4.69) is 10.7 Å². The number of hydrogen-bond acceptors (Lipinski definition) is 2. The van der Waals surface area contributed by atoms with E-state index in [4.69, 9.17) is 6.42 Å². The molecule has 0 unspecified atom stereocenters. The van der Waals surface area contributed by atoms with Crippen molar-refractivity contribution in [2.75, 3.05) is 6.61 Å². The number of carbonyl (C=O) groups excluding carboxylic acids is 1. The van der Waals surface area contributed by atoms with Crippen LogP contribution in [0.2, 0.25) is 0 Å². The molecule has 0 bridgehead atoms. The first kappa shape index (κ1) is 12.2. The Morgan fingerprint density at radius 1 is 1.44 bits per heavy atom. The fourth-order valence-electron chi connectivity index (χ4n) is 1.12. The second kappa shape index (κ2) is 4.75. The quantitative estimate of drug-likeness (QED) is 0.581. The maximum absolute atomic E-state index is 13.4. The van der Waals surface area contributed by atoms with E-state index in [-0.39, 0.29) is 6.61 Å². The number of carbonyl (C=O) groups is 1. The number of esters is 1. The van der Waals surface area contributed by atoms with Gasteiger partial charge in [0.25, 0.3) is 0 Å². The van der Waals surface area contributed by atoms with Gasteiger partial charge in [0.15, 0.2) is 0 Å². The molecule has 0 atom stereocenters. The van der Waals surface area contributed by atoms with Crippen LogP contribution in [0.25, 0.3) is 0 Å². The summed E-state index contributed by atoms with van der Waals surface area (Å²) in [6.45, 7) is 1.38. The average molecular weight is 224 g/mol. The van der Waals surface area contributed by atoms with Crippen LogP contribution in [0, 0.1) is 12.3 Å². The largest absolute Gasteiger partial charge is 0.461 e. The topological polar surface area (TPSA) is 26.3 Å². The van der Waals surface area contributed by atoms with Gasteiger partial charge >= 0.3 is 11.9 Å². The lowest BCUT2D eigenvalue weighted by molar-refractivity contribution is -0.173. The van der Waals surface area contributed by atoms with E-state index in [1.165, 1.54) is 19.1 Å². The third kappa shape index (κ3) is 2.37. The van der Waals surface area contributed by atoms with Crippen LogP contribution in [0.5, 0.6) is 0 Å². The van der Waals surface area contributed by atoms with Crippen molar-refractivity contribution in [2.24, 2.45) is 0 Å². The summed E-state index contributed by atoms with van der Waals surface area (Å²) in [5.74, 6) is -2.89. The van der Waals surface area contributed by atoms with E-state index in [0.717, 1.165) is 12.1 Å². The molecule has 1 aromatic rings. The van der Waals surface area contributed by atoms with Gasteiger partial charge in [-0.1, -0.05) is 18.1 Å². The first-order valence-electron chi connectivity index (χ1n) is 4.64. The van der Waals surface area contributed by atoms with Gasteiger partial charge in [0, 0.05) is 11.1 Å². The van der Waals surface area contributed by atoms with Gasteiger partial charge in [-0.25, -0.2) is 4.79 Å². The molecule has 0 aliphatic carbocycles. The molecule has 0 amide bonds. The summed E-state index contributed by atoms with van der Waals surface area (Å²) in [6.07, 6.45) is 5.09. The van der Waals surface area contributed by atoms with Gasteiger partial charge in [-0.05, 0) is 19.1 Å². The Morgan fingerprint density at radius 2 is 2.00 bits per heavy atom. The monoisotopic (exact) mass is 224 g/mol. The summed E-state index contributed by atoms with van der Waals surface area (Å²) in [5.41, 5.74) is 0.0494. The van der Waals surface area contributed by atoms with Gasteiger partial charge in [-0.2, -0.15) is 8.78 Å². The van der Waals surface area contributed by atoms with Crippen molar-refractivity contribution in [1.82, 2.24) is 0 Å². The fourth-order valence-corrected chi connectivity index (χ4v) is 1.12. The lowest BCUT2D eigenvalue weighted by atomic mass is 10.1. The number of benzene rings is 1. The van der Waals surface area contributed by atoms with E-state index >= 15 is 0 Å². The second-order valence-corrected chi connectivity index (χ2v) is 3.02. The Balaban J connectivity index is 2.98. The normalized spacial score (nSPS) is 10.6. The smallest absolute Gasteiger partial charge is 0.381 e. The predicted molar refractivity (Wildman–Crippen MR) is 54.9 cm³/mol. The molecular weight excluding hydrogens is 214 g/mol. The minimum Gasteiger partial charge on any atom is -0.461 e. The van der Waals surface area contributed by atoms with Crippen LogP contribution >= 0.6 is 0 Å². The van der Waals surface area contributed by atoms with Crippen LogP contribution in [0.1, 0.15) is 18.1 Å². The SMILES string of the molecule is C#Cc1ccc(C(F)(F)C(=O)OCC)cc1. The molecule has 0 radical (unpaired) electrons. The zero-order chi connectivity index (χ0) is 12.2. The number of terminal acetylenes is 1. The molecule has 0 saturated heterocycles.